The van der Waals surface area contributed by atoms with Crippen LogP contribution in [0.15, 0.2) is 0 Å². The summed E-state index contributed by atoms with van der Waals surface area (Å²) < 4.78 is 16.0. The van der Waals surface area contributed by atoms with Gasteiger partial charge in [-0.3, -0.25) is 0 Å². The Hall–Kier alpha value is 0.0569. The van der Waals surface area contributed by atoms with Crippen LogP contribution in [0.25, 0.3) is 0 Å². The first-order valence-corrected chi connectivity index (χ1v) is 6.77. The topological polar surface area (TPSA) is 53.7 Å². The van der Waals surface area contributed by atoms with Gasteiger partial charge in [-0.15, -0.1) is 0 Å². The molecule has 0 rings (SSSR count). The standard InChI is InChI=1S/C8H21NO3Si/c1-10-8-13(11-2,12-3)7-5-4-6-9/h4-9H2,1-3H3. The molecule has 2 N–H and O–H groups in total. The zero-order chi connectivity index (χ0) is 10.2. The van der Waals surface area contributed by atoms with Gasteiger partial charge in [0.2, 0.25) is 0 Å². The quantitative estimate of drug-likeness (QED) is 0.469. The molecular formula is C8H21NO3Si. The van der Waals surface area contributed by atoms with Gasteiger partial charge in [0.05, 0.1) is 6.23 Å². The minimum Gasteiger partial charge on any atom is -0.396 e. The van der Waals surface area contributed by atoms with Crippen LogP contribution in [-0.4, -0.2) is 42.7 Å². The lowest BCUT2D eigenvalue weighted by molar-refractivity contribution is 0.162. The Kier molecular flexibility index (Phi) is 7.49. The largest absolute Gasteiger partial charge is 0.396 e. The second kappa shape index (κ2) is 7.46. The van der Waals surface area contributed by atoms with Crippen molar-refractivity contribution in [2.45, 2.75) is 18.9 Å². The molecule has 0 saturated heterocycles. The summed E-state index contributed by atoms with van der Waals surface area (Å²) in [4.78, 5) is 0. The molecule has 13 heavy (non-hydrogen) atoms. The van der Waals surface area contributed by atoms with E-state index in [1.165, 1.54) is 0 Å². The molecule has 0 aliphatic carbocycles. The van der Waals surface area contributed by atoms with E-state index in [1.54, 1.807) is 21.3 Å². The summed E-state index contributed by atoms with van der Waals surface area (Å²) in [6.07, 6.45) is 2.66. The first-order chi connectivity index (χ1) is 6.24. The molecule has 4 nitrogen and oxygen atoms in total. The summed E-state index contributed by atoms with van der Waals surface area (Å²) in [5.74, 6) is 0. The highest BCUT2D eigenvalue weighted by molar-refractivity contribution is 6.67. The average Bonchev–Trinajstić information content (AvgIpc) is 2.17. The number of unbranched alkanes of at least 4 members (excludes halogenated alkanes) is 1. The molecule has 0 aliphatic heterocycles. The van der Waals surface area contributed by atoms with E-state index in [4.69, 9.17) is 19.3 Å². The van der Waals surface area contributed by atoms with E-state index < -0.39 is 8.56 Å². The molecule has 0 aromatic rings. The molecule has 0 saturated carbocycles. The predicted octanol–water partition coefficient (Wildman–Crippen LogP) is 0.646. The van der Waals surface area contributed by atoms with E-state index in [0.717, 1.165) is 25.4 Å². The van der Waals surface area contributed by atoms with E-state index in [1.807, 2.05) is 0 Å². The Morgan fingerprint density at radius 3 is 2.08 bits per heavy atom. The highest BCUT2D eigenvalue weighted by Gasteiger charge is 2.34. The van der Waals surface area contributed by atoms with Crippen LogP contribution >= 0.6 is 0 Å². The maximum Gasteiger partial charge on any atom is 0.364 e. The van der Waals surface area contributed by atoms with Gasteiger partial charge in [0, 0.05) is 21.3 Å². The molecule has 5 heteroatoms. The Bertz CT molecular complexity index is 120. The first-order valence-electron chi connectivity index (χ1n) is 4.54. The van der Waals surface area contributed by atoms with Crippen molar-refractivity contribution in [2.24, 2.45) is 5.73 Å². The molecule has 0 spiro atoms. The van der Waals surface area contributed by atoms with Gasteiger partial charge in [0.15, 0.2) is 0 Å². The SMILES string of the molecule is COC[Si](CCCCN)(OC)OC. The molecule has 80 valence electrons. The molecule has 0 fully saturated rings. The Balaban J connectivity index is 3.89. The highest BCUT2D eigenvalue weighted by Crippen LogP contribution is 2.15. The van der Waals surface area contributed by atoms with Crippen molar-refractivity contribution in [1.29, 1.82) is 0 Å². The molecule has 0 atom stereocenters. The van der Waals surface area contributed by atoms with Crippen molar-refractivity contribution >= 4 is 8.56 Å². The van der Waals surface area contributed by atoms with Crippen LogP contribution in [-0.2, 0) is 13.6 Å². The first kappa shape index (κ1) is 13.1. The average molecular weight is 207 g/mol. The molecule has 0 aromatic carbocycles. The predicted molar refractivity (Wildman–Crippen MR) is 54.7 cm³/mol. The minimum absolute atomic E-state index is 0.588. The molecule has 0 heterocycles. The third kappa shape index (κ3) is 4.73. The summed E-state index contributed by atoms with van der Waals surface area (Å²) in [5.41, 5.74) is 5.42. The lowest BCUT2D eigenvalue weighted by Gasteiger charge is -2.26. The third-order valence-electron chi connectivity index (χ3n) is 2.12. The fourth-order valence-corrected chi connectivity index (χ4v) is 3.42. The number of ether oxygens (including phenoxy) is 1. The van der Waals surface area contributed by atoms with Gasteiger partial charge in [-0.25, -0.2) is 0 Å². The zero-order valence-corrected chi connectivity index (χ0v) is 9.84. The fraction of sp³-hybridized carbons (Fsp3) is 1.00. The van der Waals surface area contributed by atoms with Crippen molar-refractivity contribution in [2.75, 3.05) is 34.1 Å². The van der Waals surface area contributed by atoms with Crippen molar-refractivity contribution in [1.82, 2.24) is 0 Å². The van der Waals surface area contributed by atoms with E-state index in [9.17, 15) is 0 Å². The molecular weight excluding hydrogens is 186 g/mol. The van der Waals surface area contributed by atoms with E-state index >= 15 is 0 Å². The zero-order valence-electron chi connectivity index (χ0n) is 8.84. The van der Waals surface area contributed by atoms with Crippen LogP contribution in [0.3, 0.4) is 0 Å². The molecule has 0 amide bonds. The molecule has 0 unspecified atom stereocenters. The van der Waals surface area contributed by atoms with Crippen LogP contribution in [0.2, 0.25) is 6.04 Å². The summed E-state index contributed by atoms with van der Waals surface area (Å²) in [5, 5.41) is 0. The van der Waals surface area contributed by atoms with Gasteiger partial charge in [-0.1, -0.05) is 6.42 Å². The Labute approximate surface area is 81.6 Å². The highest BCUT2D eigenvalue weighted by atomic mass is 28.4. The van der Waals surface area contributed by atoms with E-state index in [0.29, 0.717) is 6.23 Å². The second-order valence-electron chi connectivity index (χ2n) is 3.00. The van der Waals surface area contributed by atoms with Crippen LogP contribution < -0.4 is 5.73 Å². The van der Waals surface area contributed by atoms with Crippen LogP contribution in [0.5, 0.6) is 0 Å². The number of rotatable bonds is 8. The molecule has 0 aromatic heterocycles. The maximum atomic E-state index is 5.42. The summed E-state index contributed by atoms with van der Waals surface area (Å²) in [7, 11) is 2.99. The monoisotopic (exact) mass is 207 g/mol. The normalized spacial score (nSPS) is 12.0. The van der Waals surface area contributed by atoms with Crippen molar-refractivity contribution in [3.05, 3.63) is 0 Å². The van der Waals surface area contributed by atoms with E-state index in [-0.39, 0.29) is 0 Å². The fourth-order valence-electron chi connectivity index (χ4n) is 1.24. The summed E-state index contributed by atoms with van der Waals surface area (Å²) >= 11 is 0. The van der Waals surface area contributed by atoms with Crippen LogP contribution in [0.1, 0.15) is 12.8 Å². The minimum atomic E-state index is -2.06. The summed E-state index contributed by atoms with van der Waals surface area (Å²) in [6, 6.07) is 0.949. The smallest absolute Gasteiger partial charge is 0.364 e. The number of methoxy groups -OCH3 is 1. The molecule has 0 bridgehead atoms. The van der Waals surface area contributed by atoms with E-state index in [2.05, 4.69) is 0 Å². The second-order valence-corrected chi connectivity index (χ2v) is 6.42. The van der Waals surface area contributed by atoms with Gasteiger partial charge in [0.1, 0.15) is 0 Å². The van der Waals surface area contributed by atoms with Gasteiger partial charge in [0.25, 0.3) is 0 Å². The molecule has 0 aliphatic rings. The maximum absolute atomic E-state index is 5.42. The van der Waals surface area contributed by atoms with Gasteiger partial charge < -0.3 is 19.3 Å². The van der Waals surface area contributed by atoms with Gasteiger partial charge in [-0.05, 0) is 19.0 Å². The summed E-state index contributed by atoms with van der Waals surface area (Å²) in [6.45, 7) is 0.727. The number of hydrogen-bond donors (Lipinski definition) is 1. The third-order valence-corrected chi connectivity index (χ3v) is 5.45. The van der Waals surface area contributed by atoms with Gasteiger partial charge >= 0.3 is 8.56 Å². The lowest BCUT2D eigenvalue weighted by Crippen LogP contribution is -2.45. The van der Waals surface area contributed by atoms with Crippen LogP contribution in [0, 0.1) is 0 Å². The van der Waals surface area contributed by atoms with Crippen LogP contribution in [0.4, 0.5) is 0 Å². The molecule has 0 radical (unpaired) electrons. The number of hydrogen-bond acceptors (Lipinski definition) is 4. The number of nitrogens with two attached hydrogens (primary N) is 1. The Morgan fingerprint density at radius 1 is 1.08 bits per heavy atom. The van der Waals surface area contributed by atoms with Crippen molar-refractivity contribution in [3.8, 4) is 0 Å². The van der Waals surface area contributed by atoms with Crippen molar-refractivity contribution in [3.63, 3.8) is 0 Å². The lowest BCUT2D eigenvalue weighted by atomic mass is 10.3. The Morgan fingerprint density at radius 2 is 1.69 bits per heavy atom. The van der Waals surface area contributed by atoms with Gasteiger partial charge in [-0.2, -0.15) is 0 Å². The van der Waals surface area contributed by atoms with Crippen molar-refractivity contribution < 1.29 is 13.6 Å².